The largest absolute Gasteiger partial charge is 0.475 e. The van der Waals surface area contributed by atoms with Crippen molar-refractivity contribution in [3.8, 4) is 0 Å². The summed E-state index contributed by atoms with van der Waals surface area (Å²) in [5.41, 5.74) is 0. The first-order valence-electron chi connectivity index (χ1n) is 8.49. The Morgan fingerprint density at radius 2 is 1.85 bits per heavy atom. The van der Waals surface area contributed by atoms with Gasteiger partial charge in [0.15, 0.2) is 0 Å². The van der Waals surface area contributed by atoms with Crippen LogP contribution < -0.4 is 0 Å². The van der Waals surface area contributed by atoms with Crippen LogP contribution in [0.3, 0.4) is 0 Å². The van der Waals surface area contributed by atoms with Gasteiger partial charge in [0.25, 0.3) is 10.0 Å². The number of rotatable bonds is 4. The van der Waals surface area contributed by atoms with Crippen molar-refractivity contribution in [3.05, 3.63) is 17.9 Å². The molecule has 144 valence electrons. The first-order chi connectivity index (χ1) is 12.2. The van der Waals surface area contributed by atoms with Crippen LogP contribution in [0.2, 0.25) is 0 Å². The predicted molar refractivity (Wildman–Crippen MR) is 89.2 cm³/mol. The van der Waals surface area contributed by atoms with E-state index >= 15 is 0 Å². The number of carboxylic acids is 1. The molecule has 10 heteroatoms. The number of morpholine rings is 1. The van der Waals surface area contributed by atoms with Gasteiger partial charge in [-0.15, -0.1) is 0 Å². The molecule has 0 saturated carbocycles. The molecule has 26 heavy (non-hydrogen) atoms. The maximum atomic E-state index is 12.9. The number of amides is 1. The number of carbonyl (C=O) groups is 2. The minimum atomic E-state index is -4.09. The third kappa shape index (κ3) is 3.49. The van der Waals surface area contributed by atoms with Gasteiger partial charge in [-0.2, -0.15) is 4.31 Å². The lowest BCUT2D eigenvalue weighted by Crippen LogP contribution is -2.54. The van der Waals surface area contributed by atoms with Crippen LogP contribution >= 0.6 is 0 Å². The molecular weight excluding hydrogens is 364 g/mol. The highest BCUT2D eigenvalue weighted by atomic mass is 32.2. The van der Waals surface area contributed by atoms with Gasteiger partial charge in [-0.3, -0.25) is 4.79 Å². The van der Waals surface area contributed by atoms with Gasteiger partial charge in [0, 0.05) is 19.6 Å². The van der Waals surface area contributed by atoms with Crippen LogP contribution in [-0.4, -0.2) is 72.5 Å². The van der Waals surface area contributed by atoms with Gasteiger partial charge in [-0.1, -0.05) is 0 Å². The predicted octanol–water partition coefficient (Wildman–Crippen LogP) is 0.767. The smallest absolute Gasteiger partial charge is 0.371 e. The van der Waals surface area contributed by atoms with Gasteiger partial charge in [0.1, 0.15) is 6.04 Å². The molecule has 3 heterocycles. The van der Waals surface area contributed by atoms with E-state index in [0.717, 1.165) is 16.4 Å². The van der Waals surface area contributed by atoms with Crippen LogP contribution in [0.25, 0.3) is 0 Å². The number of furan rings is 1. The Labute approximate surface area is 151 Å². The number of aromatic carboxylic acids is 1. The van der Waals surface area contributed by atoms with E-state index in [2.05, 4.69) is 0 Å². The lowest BCUT2D eigenvalue weighted by molar-refractivity contribution is -0.146. The molecule has 1 amide bonds. The van der Waals surface area contributed by atoms with Gasteiger partial charge in [0.2, 0.25) is 16.8 Å². The fraction of sp³-hybridized carbons (Fsp3) is 0.625. The molecule has 0 aliphatic carbocycles. The number of hydrogen-bond donors (Lipinski definition) is 1. The molecule has 2 aliphatic rings. The highest BCUT2D eigenvalue weighted by molar-refractivity contribution is 7.89. The highest BCUT2D eigenvalue weighted by Crippen LogP contribution is 2.29. The molecule has 0 bridgehead atoms. The summed E-state index contributed by atoms with van der Waals surface area (Å²) in [5.74, 6) is -2.06. The number of carbonyl (C=O) groups excluding carboxylic acids is 1. The van der Waals surface area contributed by atoms with Crippen LogP contribution in [0.4, 0.5) is 0 Å². The van der Waals surface area contributed by atoms with Crippen LogP contribution in [0.1, 0.15) is 37.2 Å². The molecule has 1 unspecified atom stereocenters. The van der Waals surface area contributed by atoms with Crippen LogP contribution in [0, 0.1) is 0 Å². The van der Waals surface area contributed by atoms with Crippen molar-refractivity contribution in [1.82, 2.24) is 9.21 Å². The monoisotopic (exact) mass is 386 g/mol. The Kier molecular flexibility index (Phi) is 5.09. The van der Waals surface area contributed by atoms with Crippen molar-refractivity contribution in [1.29, 1.82) is 0 Å². The summed E-state index contributed by atoms with van der Waals surface area (Å²) < 4.78 is 37.4. The third-order valence-corrected chi connectivity index (χ3v) is 6.36. The summed E-state index contributed by atoms with van der Waals surface area (Å²) >= 11 is 0. The number of ether oxygens (including phenoxy) is 1. The van der Waals surface area contributed by atoms with Crippen molar-refractivity contribution in [2.45, 2.75) is 50.0 Å². The molecule has 2 saturated heterocycles. The average Bonchev–Trinajstić information content (AvgIpc) is 3.23. The van der Waals surface area contributed by atoms with E-state index in [4.69, 9.17) is 14.3 Å². The van der Waals surface area contributed by atoms with Crippen molar-refractivity contribution in [3.63, 3.8) is 0 Å². The second kappa shape index (κ2) is 7.01. The summed E-state index contributed by atoms with van der Waals surface area (Å²) in [4.78, 5) is 25.5. The minimum Gasteiger partial charge on any atom is -0.475 e. The molecule has 3 rings (SSSR count). The SMILES string of the molecule is C[C@@H]1CN(C(=O)C2CCCN2S(=O)(=O)c2ccc(C(=O)O)o2)C[C@H](C)O1. The quantitative estimate of drug-likeness (QED) is 0.812. The molecule has 1 aromatic heterocycles. The first-order valence-corrected chi connectivity index (χ1v) is 9.93. The molecule has 0 aromatic carbocycles. The zero-order chi connectivity index (χ0) is 19.1. The fourth-order valence-electron chi connectivity index (χ4n) is 3.53. The van der Waals surface area contributed by atoms with Crippen molar-refractivity contribution in [2.75, 3.05) is 19.6 Å². The highest BCUT2D eigenvalue weighted by Gasteiger charge is 2.43. The summed E-state index contributed by atoms with van der Waals surface area (Å²) in [6.45, 7) is 4.76. The molecule has 1 aromatic rings. The number of sulfonamides is 1. The zero-order valence-electron chi connectivity index (χ0n) is 14.6. The Balaban J connectivity index is 1.82. The Morgan fingerprint density at radius 3 is 2.42 bits per heavy atom. The molecular formula is C16H22N2O7S. The van der Waals surface area contributed by atoms with Crippen LogP contribution in [0.15, 0.2) is 21.6 Å². The van der Waals surface area contributed by atoms with E-state index in [1.165, 1.54) is 0 Å². The van der Waals surface area contributed by atoms with Crippen molar-refractivity contribution < 1.29 is 32.3 Å². The lowest BCUT2D eigenvalue weighted by Gasteiger charge is -2.37. The third-order valence-electron chi connectivity index (χ3n) is 4.58. The van der Waals surface area contributed by atoms with Crippen LogP contribution in [-0.2, 0) is 19.6 Å². The van der Waals surface area contributed by atoms with E-state index in [1.54, 1.807) is 4.90 Å². The lowest BCUT2D eigenvalue weighted by atomic mass is 10.1. The van der Waals surface area contributed by atoms with Gasteiger partial charge in [0.05, 0.1) is 12.2 Å². The van der Waals surface area contributed by atoms with Crippen molar-refractivity contribution in [2.24, 2.45) is 0 Å². The van der Waals surface area contributed by atoms with Gasteiger partial charge in [-0.25, -0.2) is 13.2 Å². The van der Waals surface area contributed by atoms with E-state index in [9.17, 15) is 18.0 Å². The standard InChI is InChI=1S/C16H22N2O7S/c1-10-8-17(9-11(2)24-10)15(19)12-4-3-7-18(12)26(22,23)14-6-5-13(25-14)16(20)21/h5-6,10-12H,3-4,7-9H2,1-2H3,(H,20,21)/t10-,11+,12?. The molecule has 0 radical (unpaired) electrons. The maximum Gasteiger partial charge on any atom is 0.371 e. The summed E-state index contributed by atoms with van der Waals surface area (Å²) in [6, 6.07) is 1.39. The topological polar surface area (TPSA) is 117 Å². The molecule has 2 fully saturated rings. The summed E-state index contributed by atoms with van der Waals surface area (Å²) in [7, 11) is -4.09. The van der Waals surface area contributed by atoms with Crippen molar-refractivity contribution >= 4 is 21.9 Å². The Hall–Kier alpha value is -1.91. The zero-order valence-corrected chi connectivity index (χ0v) is 15.4. The minimum absolute atomic E-state index is 0.114. The van der Waals surface area contributed by atoms with Gasteiger partial charge in [-0.05, 0) is 38.8 Å². The normalized spacial score (nSPS) is 27.6. The van der Waals surface area contributed by atoms with Gasteiger partial charge < -0.3 is 19.2 Å². The van der Waals surface area contributed by atoms with E-state index < -0.39 is 32.9 Å². The second-order valence-corrected chi connectivity index (χ2v) is 8.52. The Bertz CT molecular complexity index is 793. The number of carboxylic acid groups (broad SMARTS) is 1. The van der Waals surface area contributed by atoms with E-state index in [0.29, 0.717) is 25.9 Å². The van der Waals surface area contributed by atoms with Crippen LogP contribution in [0.5, 0.6) is 0 Å². The number of nitrogens with zero attached hydrogens (tertiary/aromatic N) is 2. The molecule has 9 nitrogen and oxygen atoms in total. The van der Waals surface area contributed by atoms with E-state index in [-0.39, 0.29) is 24.7 Å². The average molecular weight is 386 g/mol. The fourth-order valence-corrected chi connectivity index (χ4v) is 5.10. The van der Waals surface area contributed by atoms with Gasteiger partial charge >= 0.3 is 5.97 Å². The molecule has 1 N–H and O–H groups in total. The molecule has 2 aliphatic heterocycles. The Morgan fingerprint density at radius 1 is 1.19 bits per heavy atom. The molecule has 0 spiro atoms. The first kappa shape index (κ1) is 18.9. The number of hydrogen-bond acceptors (Lipinski definition) is 6. The summed E-state index contributed by atoms with van der Waals surface area (Å²) in [6.07, 6.45) is 0.747. The second-order valence-electron chi connectivity index (χ2n) is 6.70. The maximum absolute atomic E-state index is 12.9. The van der Waals surface area contributed by atoms with E-state index in [1.807, 2.05) is 13.8 Å². The summed E-state index contributed by atoms with van der Waals surface area (Å²) in [5, 5.41) is 8.45. The molecule has 3 atom stereocenters.